The summed E-state index contributed by atoms with van der Waals surface area (Å²) in [6.07, 6.45) is 0.893. The highest BCUT2D eigenvalue weighted by Crippen LogP contribution is 2.40. The lowest BCUT2D eigenvalue weighted by molar-refractivity contribution is -0.385. The van der Waals surface area contributed by atoms with Crippen LogP contribution in [0.1, 0.15) is 27.7 Å². The number of nitrogens with one attached hydrogen (secondary N) is 1. The number of hydrogen-bond donors (Lipinski definition) is 1. The van der Waals surface area contributed by atoms with Crippen molar-refractivity contribution in [3.63, 3.8) is 0 Å². The largest absolute Gasteiger partial charge is 0.462 e. The summed E-state index contributed by atoms with van der Waals surface area (Å²) in [6.45, 7) is 3.01. The molecule has 0 aliphatic carbocycles. The standard InChI is InChI=1S/C22H18N4O6S/c1-3-32-22(29)19-18(14-7-5-4-6-8-14)13(2)33-20(19)24-17(27)12-25-11-16(26(30)31)9-15(10-23)21(25)28/h4-9,11H,3,12H2,1-2H3,(H,24,27). The molecule has 0 spiro atoms. The van der Waals surface area contributed by atoms with E-state index < -0.39 is 40.2 Å². The lowest BCUT2D eigenvalue weighted by atomic mass is 10.0. The van der Waals surface area contributed by atoms with Gasteiger partial charge in [-0.2, -0.15) is 5.26 Å². The molecule has 1 amide bonds. The molecular formula is C22H18N4O6S. The molecule has 0 saturated heterocycles. The van der Waals surface area contributed by atoms with Crippen molar-refractivity contribution < 1.29 is 19.2 Å². The normalized spacial score (nSPS) is 10.3. The number of amides is 1. The third-order valence-electron chi connectivity index (χ3n) is 4.60. The van der Waals surface area contributed by atoms with Crippen molar-refractivity contribution in [1.82, 2.24) is 4.57 Å². The van der Waals surface area contributed by atoms with E-state index in [4.69, 9.17) is 10.00 Å². The zero-order chi connectivity index (χ0) is 24.1. The minimum atomic E-state index is -0.837. The number of nitriles is 1. The smallest absolute Gasteiger partial charge is 0.341 e. The lowest BCUT2D eigenvalue weighted by Gasteiger charge is -2.10. The highest BCUT2D eigenvalue weighted by Gasteiger charge is 2.26. The summed E-state index contributed by atoms with van der Waals surface area (Å²) in [5.74, 6) is -1.32. The average Bonchev–Trinajstić information content (AvgIpc) is 3.11. The molecule has 168 valence electrons. The first kappa shape index (κ1) is 23.4. The lowest BCUT2D eigenvalue weighted by Crippen LogP contribution is -2.29. The maximum absolute atomic E-state index is 12.7. The average molecular weight is 466 g/mol. The molecule has 0 aliphatic heterocycles. The van der Waals surface area contributed by atoms with E-state index >= 15 is 0 Å². The van der Waals surface area contributed by atoms with Gasteiger partial charge in [0.2, 0.25) is 5.91 Å². The zero-order valence-corrected chi connectivity index (χ0v) is 18.5. The van der Waals surface area contributed by atoms with Gasteiger partial charge >= 0.3 is 5.97 Å². The Kier molecular flexibility index (Phi) is 7.00. The van der Waals surface area contributed by atoms with Gasteiger partial charge in [-0.15, -0.1) is 11.3 Å². The topological polar surface area (TPSA) is 144 Å². The minimum absolute atomic E-state index is 0.134. The maximum atomic E-state index is 12.7. The van der Waals surface area contributed by atoms with E-state index in [-0.39, 0.29) is 17.2 Å². The maximum Gasteiger partial charge on any atom is 0.341 e. The van der Waals surface area contributed by atoms with Gasteiger partial charge in [-0.05, 0) is 19.4 Å². The Balaban J connectivity index is 1.99. The van der Waals surface area contributed by atoms with Crippen molar-refractivity contribution in [3.05, 3.63) is 79.1 Å². The first-order valence-electron chi connectivity index (χ1n) is 9.71. The number of nitrogens with zero attached hydrogens (tertiary/aromatic N) is 3. The second-order valence-electron chi connectivity index (χ2n) is 6.79. The van der Waals surface area contributed by atoms with Crippen LogP contribution in [0.5, 0.6) is 0 Å². The van der Waals surface area contributed by atoms with Gasteiger partial charge in [0, 0.05) is 16.5 Å². The summed E-state index contributed by atoms with van der Waals surface area (Å²) in [4.78, 5) is 48.9. The van der Waals surface area contributed by atoms with Crippen LogP contribution in [0.25, 0.3) is 11.1 Å². The minimum Gasteiger partial charge on any atom is -0.462 e. The number of carbonyl (C=O) groups excluding carboxylic acids is 2. The fourth-order valence-corrected chi connectivity index (χ4v) is 4.30. The number of benzene rings is 1. The third-order valence-corrected chi connectivity index (χ3v) is 5.62. The van der Waals surface area contributed by atoms with Crippen LogP contribution in [-0.2, 0) is 16.1 Å². The predicted octanol–water partition coefficient (Wildman–Crippen LogP) is 3.48. The highest BCUT2D eigenvalue weighted by atomic mass is 32.1. The molecule has 0 bridgehead atoms. The number of nitro groups is 1. The van der Waals surface area contributed by atoms with Gasteiger partial charge in [-0.3, -0.25) is 24.3 Å². The third kappa shape index (κ3) is 4.97. The fourth-order valence-electron chi connectivity index (χ4n) is 3.22. The van der Waals surface area contributed by atoms with E-state index in [0.717, 1.165) is 27.3 Å². The first-order valence-corrected chi connectivity index (χ1v) is 10.5. The Hall–Kier alpha value is -4.30. The molecular weight excluding hydrogens is 448 g/mol. The highest BCUT2D eigenvalue weighted by molar-refractivity contribution is 7.17. The molecule has 33 heavy (non-hydrogen) atoms. The van der Waals surface area contributed by atoms with E-state index in [0.29, 0.717) is 5.56 Å². The number of carbonyl (C=O) groups is 2. The van der Waals surface area contributed by atoms with E-state index in [2.05, 4.69) is 5.32 Å². The molecule has 0 atom stereocenters. The number of aryl methyl sites for hydroxylation is 1. The van der Waals surface area contributed by atoms with Gasteiger partial charge in [-0.1, -0.05) is 30.3 Å². The van der Waals surface area contributed by atoms with Gasteiger partial charge in [0.05, 0.1) is 17.7 Å². The van der Waals surface area contributed by atoms with Crippen LogP contribution in [0, 0.1) is 28.4 Å². The monoisotopic (exact) mass is 466 g/mol. The van der Waals surface area contributed by atoms with Crippen molar-refractivity contribution in [3.8, 4) is 17.2 Å². The molecule has 10 nitrogen and oxygen atoms in total. The number of thiophene rings is 1. The molecule has 0 radical (unpaired) electrons. The van der Waals surface area contributed by atoms with E-state index in [1.54, 1.807) is 19.9 Å². The van der Waals surface area contributed by atoms with Crippen molar-refractivity contribution in [2.24, 2.45) is 0 Å². The second-order valence-corrected chi connectivity index (χ2v) is 8.01. The number of aromatic nitrogens is 1. The molecule has 11 heteroatoms. The number of anilines is 1. The second kappa shape index (κ2) is 9.88. The molecule has 3 aromatic rings. The molecule has 2 heterocycles. The van der Waals surface area contributed by atoms with Crippen molar-refractivity contribution in [1.29, 1.82) is 5.26 Å². The number of esters is 1. The summed E-state index contributed by atoms with van der Waals surface area (Å²) < 4.78 is 5.97. The molecule has 1 N–H and O–H groups in total. The molecule has 3 rings (SSSR count). The van der Waals surface area contributed by atoms with Crippen LogP contribution in [0.4, 0.5) is 10.7 Å². The van der Waals surface area contributed by atoms with Crippen LogP contribution in [0.2, 0.25) is 0 Å². The Bertz CT molecular complexity index is 1340. The summed E-state index contributed by atoms with van der Waals surface area (Å²) in [7, 11) is 0. The summed E-state index contributed by atoms with van der Waals surface area (Å²) in [5.41, 5.74) is -0.219. The van der Waals surface area contributed by atoms with Gasteiger partial charge < -0.3 is 10.1 Å². The Morgan fingerprint density at radius 3 is 2.61 bits per heavy atom. The summed E-state index contributed by atoms with van der Waals surface area (Å²) in [6, 6.07) is 11.6. The summed E-state index contributed by atoms with van der Waals surface area (Å²) in [5, 5.41) is 23.0. The van der Waals surface area contributed by atoms with Gasteiger partial charge in [0.25, 0.3) is 11.2 Å². The van der Waals surface area contributed by atoms with E-state index in [9.17, 15) is 24.5 Å². The Morgan fingerprint density at radius 1 is 1.30 bits per heavy atom. The van der Waals surface area contributed by atoms with Crippen LogP contribution in [0.15, 0.2) is 47.4 Å². The molecule has 0 fully saturated rings. The molecule has 0 unspecified atom stereocenters. The quantitative estimate of drug-likeness (QED) is 0.319. The predicted molar refractivity (Wildman–Crippen MR) is 121 cm³/mol. The summed E-state index contributed by atoms with van der Waals surface area (Å²) >= 11 is 1.17. The van der Waals surface area contributed by atoms with E-state index in [1.807, 2.05) is 30.3 Å². The van der Waals surface area contributed by atoms with Crippen LogP contribution in [-0.4, -0.2) is 28.0 Å². The molecule has 0 saturated carbocycles. The fraction of sp³-hybridized carbons (Fsp3) is 0.182. The van der Waals surface area contributed by atoms with Gasteiger partial charge in [0.1, 0.15) is 28.7 Å². The Morgan fingerprint density at radius 2 is 2.00 bits per heavy atom. The van der Waals surface area contributed by atoms with Crippen LogP contribution >= 0.6 is 11.3 Å². The van der Waals surface area contributed by atoms with Gasteiger partial charge in [-0.25, -0.2) is 4.79 Å². The molecule has 0 aliphatic rings. The van der Waals surface area contributed by atoms with Crippen LogP contribution < -0.4 is 10.9 Å². The molecule has 1 aromatic carbocycles. The number of hydrogen-bond acceptors (Lipinski definition) is 8. The van der Waals surface area contributed by atoms with Crippen molar-refractivity contribution in [2.45, 2.75) is 20.4 Å². The van der Waals surface area contributed by atoms with Gasteiger partial charge in [0.15, 0.2) is 0 Å². The number of rotatable bonds is 7. The molecule has 2 aromatic heterocycles. The van der Waals surface area contributed by atoms with Crippen molar-refractivity contribution >= 4 is 33.9 Å². The zero-order valence-electron chi connectivity index (χ0n) is 17.7. The van der Waals surface area contributed by atoms with Crippen LogP contribution in [0.3, 0.4) is 0 Å². The SMILES string of the molecule is CCOC(=O)c1c(NC(=O)Cn2cc([N+](=O)[O-])cc(C#N)c2=O)sc(C)c1-c1ccccc1. The Labute approximate surface area is 191 Å². The van der Waals surface area contributed by atoms with Crippen molar-refractivity contribution in [2.75, 3.05) is 11.9 Å². The van der Waals surface area contributed by atoms with E-state index in [1.165, 1.54) is 11.3 Å². The first-order chi connectivity index (χ1) is 15.8. The number of ether oxygens (including phenoxy) is 1. The number of pyridine rings is 1.